The number of nitrogens with zero attached hydrogens (tertiary/aromatic N) is 3. The van der Waals surface area contributed by atoms with Crippen molar-refractivity contribution in [3.63, 3.8) is 0 Å². The summed E-state index contributed by atoms with van der Waals surface area (Å²) in [6, 6.07) is -0.443. The highest BCUT2D eigenvalue weighted by Crippen LogP contribution is 2.18. The van der Waals surface area contributed by atoms with Crippen molar-refractivity contribution in [3.05, 3.63) is 5.01 Å². The number of primary amides is 1. The zero-order valence-corrected chi connectivity index (χ0v) is 13.7. The van der Waals surface area contributed by atoms with Crippen LogP contribution in [0.25, 0.3) is 0 Å². The van der Waals surface area contributed by atoms with Gasteiger partial charge >= 0.3 is 0 Å². The van der Waals surface area contributed by atoms with Gasteiger partial charge in [0, 0.05) is 6.42 Å². The maximum atomic E-state index is 11.9. The summed E-state index contributed by atoms with van der Waals surface area (Å²) in [6.45, 7) is 6.14. The van der Waals surface area contributed by atoms with Crippen molar-refractivity contribution in [3.8, 4) is 0 Å². The van der Waals surface area contributed by atoms with E-state index < -0.39 is 11.9 Å². The number of carbonyl (C=O) groups excluding carboxylic acids is 2. The van der Waals surface area contributed by atoms with Crippen LogP contribution in [0.2, 0.25) is 0 Å². The number of nitrogens with one attached hydrogen (secondary N) is 1. The van der Waals surface area contributed by atoms with Gasteiger partial charge in [0.25, 0.3) is 0 Å². The minimum atomic E-state index is -0.443. The molecule has 1 aromatic rings. The van der Waals surface area contributed by atoms with E-state index in [1.165, 1.54) is 11.3 Å². The number of aromatic nitrogens is 2. The molecule has 0 fully saturated rings. The molecule has 0 radical (unpaired) electrons. The van der Waals surface area contributed by atoms with E-state index in [4.69, 9.17) is 5.73 Å². The van der Waals surface area contributed by atoms with Crippen molar-refractivity contribution >= 4 is 28.3 Å². The molecular weight excluding hydrogens is 290 g/mol. The van der Waals surface area contributed by atoms with E-state index in [-0.39, 0.29) is 12.5 Å². The standard InChI is InChI=1S/C13H23N5O2S/c1-5-9(12(14)20)18(4)7-10(19)15-13-17-16-11(21-13)6-8(2)3/h8-9H,5-7H2,1-4H3,(H2,14,20)(H,15,17,19)/t9-/m0/s1. The molecule has 7 nitrogen and oxygen atoms in total. The summed E-state index contributed by atoms with van der Waals surface area (Å²) in [5, 5.41) is 12.1. The van der Waals surface area contributed by atoms with Crippen LogP contribution < -0.4 is 11.1 Å². The third kappa shape index (κ3) is 5.76. The third-order valence-electron chi connectivity index (χ3n) is 2.94. The molecule has 0 unspecified atom stereocenters. The average molecular weight is 313 g/mol. The van der Waals surface area contributed by atoms with Crippen molar-refractivity contribution in [2.75, 3.05) is 18.9 Å². The molecule has 1 heterocycles. The molecule has 0 saturated heterocycles. The van der Waals surface area contributed by atoms with Gasteiger partial charge in [-0.25, -0.2) is 0 Å². The largest absolute Gasteiger partial charge is 0.368 e. The molecule has 1 atom stereocenters. The van der Waals surface area contributed by atoms with Crippen molar-refractivity contribution in [1.29, 1.82) is 0 Å². The van der Waals surface area contributed by atoms with Crippen molar-refractivity contribution < 1.29 is 9.59 Å². The summed E-state index contributed by atoms with van der Waals surface area (Å²) < 4.78 is 0. The van der Waals surface area contributed by atoms with E-state index in [1.54, 1.807) is 11.9 Å². The number of likely N-dealkylation sites (N-methyl/N-ethyl adjacent to an activating group) is 1. The highest BCUT2D eigenvalue weighted by Gasteiger charge is 2.21. The molecule has 2 amide bonds. The first kappa shape index (κ1) is 17.5. The summed E-state index contributed by atoms with van der Waals surface area (Å²) in [7, 11) is 1.70. The van der Waals surface area contributed by atoms with Gasteiger partial charge in [0.05, 0.1) is 12.6 Å². The lowest BCUT2D eigenvalue weighted by molar-refractivity contribution is -0.124. The molecule has 0 spiro atoms. The molecule has 0 aliphatic rings. The van der Waals surface area contributed by atoms with Gasteiger partial charge in [-0.3, -0.25) is 19.8 Å². The molecule has 1 aromatic heterocycles. The highest BCUT2D eigenvalue weighted by atomic mass is 32.1. The van der Waals surface area contributed by atoms with Gasteiger partial charge in [0.1, 0.15) is 5.01 Å². The number of anilines is 1. The Morgan fingerprint density at radius 2 is 2.05 bits per heavy atom. The van der Waals surface area contributed by atoms with Crippen LogP contribution in [0.4, 0.5) is 5.13 Å². The van der Waals surface area contributed by atoms with Gasteiger partial charge in [-0.15, -0.1) is 10.2 Å². The lowest BCUT2D eigenvalue weighted by Crippen LogP contribution is -2.45. The summed E-state index contributed by atoms with van der Waals surface area (Å²) in [5.74, 6) is -0.166. The van der Waals surface area contributed by atoms with Crippen molar-refractivity contribution in [2.24, 2.45) is 11.7 Å². The minimum Gasteiger partial charge on any atom is -0.368 e. The molecular formula is C13H23N5O2S. The fourth-order valence-electron chi connectivity index (χ4n) is 1.96. The van der Waals surface area contributed by atoms with Crippen LogP contribution in [0.5, 0.6) is 0 Å². The van der Waals surface area contributed by atoms with E-state index in [1.807, 2.05) is 6.92 Å². The summed E-state index contributed by atoms with van der Waals surface area (Å²) >= 11 is 1.37. The smallest absolute Gasteiger partial charge is 0.240 e. The average Bonchev–Trinajstić information content (AvgIpc) is 2.75. The van der Waals surface area contributed by atoms with Crippen LogP contribution in [-0.4, -0.2) is 46.5 Å². The molecule has 21 heavy (non-hydrogen) atoms. The first-order valence-electron chi connectivity index (χ1n) is 6.95. The Labute approximate surface area is 128 Å². The molecule has 0 aromatic carbocycles. The van der Waals surface area contributed by atoms with Crippen LogP contribution in [0.15, 0.2) is 0 Å². The van der Waals surface area contributed by atoms with E-state index >= 15 is 0 Å². The Morgan fingerprint density at radius 1 is 1.38 bits per heavy atom. The van der Waals surface area contributed by atoms with E-state index in [0.717, 1.165) is 11.4 Å². The number of rotatable bonds is 8. The number of amides is 2. The lowest BCUT2D eigenvalue weighted by atomic mass is 10.1. The monoisotopic (exact) mass is 313 g/mol. The second kappa shape index (κ2) is 8.04. The highest BCUT2D eigenvalue weighted by molar-refractivity contribution is 7.15. The van der Waals surface area contributed by atoms with Gasteiger partial charge in [-0.1, -0.05) is 32.1 Å². The van der Waals surface area contributed by atoms with E-state index in [0.29, 0.717) is 17.5 Å². The predicted molar refractivity (Wildman–Crippen MR) is 83.0 cm³/mol. The first-order chi connectivity index (χ1) is 9.83. The zero-order valence-electron chi connectivity index (χ0n) is 12.9. The fraction of sp³-hybridized carbons (Fsp3) is 0.692. The van der Waals surface area contributed by atoms with Gasteiger partial charge in [-0.05, 0) is 19.4 Å². The topological polar surface area (TPSA) is 101 Å². The number of nitrogens with two attached hydrogens (primary N) is 1. The van der Waals surface area contributed by atoms with Gasteiger partial charge in [0.2, 0.25) is 16.9 Å². The number of carbonyl (C=O) groups is 2. The Kier molecular flexibility index (Phi) is 6.70. The van der Waals surface area contributed by atoms with Crippen LogP contribution in [0.1, 0.15) is 32.2 Å². The fourth-order valence-corrected chi connectivity index (χ4v) is 2.93. The molecule has 3 N–H and O–H groups in total. The maximum Gasteiger partial charge on any atom is 0.240 e. The van der Waals surface area contributed by atoms with Gasteiger partial charge in [-0.2, -0.15) is 0 Å². The molecule has 1 rings (SSSR count). The number of hydrogen-bond acceptors (Lipinski definition) is 6. The SMILES string of the molecule is CC[C@@H](C(N)=O)N(C)CC(=O)Nc1nnc(CC(C)C)s1. The van der Waals surface area contributed by atoms with Crippen LogP contribution in [-0.2, 0) is 16.0 Å². The Balaban J connectivity index is 2.53. The second-order valence-corrected chi connectivity index (χ2v) is 6.45. The van der Waals surface area contributed by atoms with E-state index in [9.17, 15) is 9.59 Å². The maximum absolute atomic E-state index is 11.9. The van der Waals surface area contributed by atoms with E-state index in [2.05, 4.69) is 29.4 Å². The summed E-state index contributed by atoms with van der Waals surface area (Å²) in [6.07, 6.45) is 1.41. The van der Waals surface area contributed by atoms with Crippen LogP contribution in [0.3, 0.4) is 0 Å². The Bertz CT molecular complexity index is 489. The third-order valence-corrected chi connectivity index (χ3v) is 3.80. The molecule has 0 saturated carbocycles. The predicted octanol–water partition coefficient (Wildman–Crippen LogP) is 0.871. The Morgan fingerprint density at radius 3 is 2.57 bits per heavy atom. The zero-order chi connectivity index (χ0) is 16.0. The molecule has 118 valence electrons. The van der Waals surface area contributed by atoms with Crippen LogP contribution >= 0.6 is 11.3 Å². The normalized spacial score (nSPS) is 12.7. The van der Waals surface area contributed by atoms with Crippen LogP contribution in [0, 0.1) is 5.92 Å². The molecule has 8 heteroatoms. The van der Waals surface area contributed by atoms with Crippen molar-refractivity contribution in [2.45, 2.75) is 39.7 Å². The summed E-state index contributed by atoms with van der Waals surface area (Å²) in [4.78, 5) is 24.8. The quantitative estimate of drug-likeness (QED) is 0.741. The molecule has 0 bridgehead atoms. The van der Waals surface area contributed by atoms with Gasteiger partial charge in [0.15, 0.2) is 0 Å². The number of hydrogen-bond donors (Lipinski definition) is 2. The van der Waals surface area contributed by atoms with Gasteiger partial charge < -0.3 is 5.73 Å². The minimum absolute atomic E-state index is 0.0839. The first-order valence-corrected chi connectivity index (χ1v) is 7.76. The second-order valence-electron chi connectivity index (χ2n) is 5.39. The van der Waals surface area contributed by atoms with Crippen molar-refractivity contribution in [1.82, 2.24) is 15.1 Å². The molecule has 0 aliphatic carbocycles. The Hall–Kier alpha value is -1.54. The summed E-state index contributed by atoms with van der Waals surface area (Å²) in [5.41, 5.74) is 5.29. The lowest BCUT2D eigenvalue weighted by Gasteiger charge is -2.23. The molecule has 0 aliphatic heterocycles.